The molecule has 2 aliphatic heterocycles. The third-order valence-corrected chi connectivity index (χ3v) is 5.77. The number of hydrogen-bond donors (Lipinski definition) is 0. The van der Waals surface area contributed by atoms with E-state index in [-0.39, 0.29) is 17.7 Å². The molecule has 2 rings (SSSR count). The molecule has 2 heterocycles. The molecule has 164 valence electrons. The first-order chi connectivity index (χ1) is 13.4. The van der Waals surface area contributed by atoms with E-state index in [1.165, 1.54) is 38.5 Å². The van der Waals surface area contributed by atoms with Gasteiger partial charge in [0, 0.05) is 26.4 Å². The molecule has 0 aliphatic carbocycles. The van der Waals surface area contributed by atoms with Gasteiger partial charge in [-0.05, 0) is 65.7 Å². The van der Waals surface area contributed by atoms with Crippen LogP contribution in [0.2, 0.25) is 0 Å². The molecule has 0 bridgehead atoms. The average Bonchev–Trinajstić information content (AvgIpc) is 2.67. The molecule has 0 saturated carbocycles. The number of unbranched alkanes of at least 4 members (excludes halogenated alkanes) is 5. The first-order valence-corrected chi connectivity index (χ1v) is 11.5. The first-order valence-electron chi connectivity index (χ1n) is 11.5. The first kappa shape index (κ1) is 23.6. The van der Waals surface area contributed by atoms with Crippen LogP contribution in [0.4, 0.5) is 0 Å². The van der Waals surface area contributed by atoms with E-state index >= 15 is 0 Å². The zero-order chi connectivity index (χ0) is 20.3. The predicted octanol–water partition coefficient (Wildman–Crippen LogP) is 5.40. The highest BCUT2D eigenvalue weighted by Crippen LogP contribution is 2.38. The van der Waals surface area contributed by atoms with Gasteiger partial charge < -0.3 is 18.9 Å². The molecule has 0 spiro atoms. The van der Waals surface area contributed by atoms with Gasteiger partial charge in [-0.1, -0.05) is 32.1 Å². The molecule has 2 saturated heterocycles. The van der Waals surface area contributed by atoms with Gasteiger partial charge in [0.2, 0.25) is 0 Å². The Morgan fingerprint density at radius 2 is 1.64 bits per heavy atom. The van der Waals surface area contributed by atoms with E-state index in [4.69, 9.17) is 18.9 Å². The highest BCUT2D eigenvalue weighted by atomic mass is 16.7. The van der Waals surface area contributed by atoms with Gasteiger partial charge in [-0.3, -0.25) is 4.79 Å². The lowest BCUT2D eigenvalue weighted by Crippen LogP contribution is -2.41. The number of hydrogen-bond acceptors (Lipinski definition) is 5. The summed E-state index contributed by atoms with van der Waals surface area (Å²) >= 11 is 0. The Hall–Kier alpha value is -0.650. The molecule has 0 aromatic rings. The Morgan fingerprint density at radius 3 is 2.29 bits per heavy atom. The van der Waals surface area contributed by atoms with Crippen molar-refractivity contribution in [3.8, 4) is 0 Å². The minimum Gasteiger partial charge on any atom is -0.460 e. The van der Waals surface area contributed by atoms with Crippen molar-refractivity contribution >= 4 is 5.97 Å². The monoisotopic (exact) mass is 398 g/mol. The summed E-state index contributed by atoms with van der Waals surface area (Å²) in [5.41, 5.74) is -0.757. The van der Waals surface area contributed by atoms with Gasteiger partial charge in [0.25, 0.3) is 0 Å². The van der Waals surface area contributed by atoms with Crippen LogP contribution in [-0.4, -0.2) is 44.3 Å². The van der Waals surface area contributed by atoms with E-state index < -0.39 is 5.60 Å². The molecule has 0 N–H and O–H groups in total. The molecular weight excluding hydrogens is 356 g/mol. The molecule has 2 fully saturated rings. The fraction of sp³-hybridized carbons (Fsp3) is 0.957. The second-order valence-corrected chi connectivity index (χ2v) is 9.43. The summed E-state index contributed by atoms with van der Waals surface area (Å²) in [5, 5.41) is 0. The van der Waals surface area contributed by atoms with Crippen LogP contribution in [0.25, 0.3) is 0 Å². The standard InChI is InChI=1S/C23H42O5/c1-22(2,3)28-21(24)23(14-18-25-19-15-23)13-9-6-4-5-7-10-16-26-20-12-8-11-17-27-20/h20H,4-19H2,1-3H3. The molecule has 0 radical (unpaired) electrons. The Bertz CT molecular complexity index is 431. The smallest absolute Gasteiger partial charge is 0.312 e. The van der Waals surface area contributed by atoms with E-state index in [1.807, 2.05) is 20.8 Å². The zero-order valence-electron chi connectivity index (χ0n) is 18.4. The predicted molar refractivity (Wildman–Crippen MR) is 110 cm³/mol. The molecule has 1 unspecified atom stereocenters. The Kier molecular flexibility index (Phi) is 10.2. The fourth-order valence-electron chi connectivity index (χ4n) is 4.03. The lowest BCUT2D eigenvalue weighted by Gasteiger charge is -2.37. The topological polar surface area (TPSA) is 54.0 Å². The Labute approximate surface area is 171 Å². The molecule has 2 aliphatic rings. The van der Waals surface area contributed by atoms with Gasteiger partial charge in [-0.25, -0.2) is 0 Å². The molecular formula is C23H42O5. The van der Waals surface area contributed by atoms with Gasteiger partial charge in [-0.2, -0.15) is 0 Å². The summed E-state index contributed by atoms with van der Waals surface area (Å²) in [6, 6.07) is 0. The maximum Gasteiger partial charge on any atom is 0.312 e. The van der Waals surface area contributed by atoms with Crippen LogP contribution < -0.4 is 0 Å². The van der Waals surface area contributed by atoms with Crippen LogP contribution in [0.5, 0.6) is 0 Å². The summed E-state index contributed by atoms with van der Waals surface area (Å²) in [5.74, 6) is -0.0228. The SMILES string of the molecule is CC(C)(C)OC(=O)C1(CCCCCCCCOC2CCCCO2)CCOCC1. The quantitative estimate of drug-likeness (QED) is 0.344. The molecule has 1 atom stereocenters. The number of ether oxygens (including phenoxy) is 4. The lowest BCUT2D eigenvalue weighted by atomic mass is 9.75. The van der Waals surface area contributed by atoms with Crippen LogP contribution in [0.3, 0.4) is 0 Å². The number of rotatable bonds is 11. The fourth-order valence-corrected chi connectivity index (χ4v) is 4.03. The Balaban J connectivity index is 1.56. The van der Waals surface area contributed by atoms with Crippen LogP contribution in [0, 0.1) is 5.41 Å². The maximum absolute atomic E-state index is 12.8. The summed E-state index contributed by atoms with van der Waals surface area (Å²) < 4.78 is 22.6. The van der Waals surface area contributed by atoms with Crippen molar-refractivity contribution in [2.75, 3.05) is 26.4 Å². The van der Waals surface area contributed by atoms with Crippen molar-refractivity contribution in [3.63, 3.8) is 0 Å². The van der Waals surface area contributed by atoms with E-state index in [0.29, 0.717) is 13.2 Å². The van der Waals surface area contributed by atoms with Crippen molar-refractivity contribution in [1.82, 2.24) is 0 Å². The molecule has 0 aromatic heterocycles. The van der Waals surface area contributed by atoms with Crippen molar-refractivity contribution in [2.24, 2.45) is 5.41 Å². The van der Waals surface area contributed by atoms with E-state index in [1.54, 1.807) is 0 Å². The average molecular weight is 399 g/mol. The van der Waals surface area contributed by atoms with Crippen molar-refractivity contribution in [3.05, 3.63) is 0 Å². The Morgan fingerprint density at radius 1 is 0.964 bits per heavy atom. The van der Waals surface area contributed by atoms with E-state index in [0.717, 1.165) is 51.7 Å². The highest BCUT2D eigenvalue weighted by Gasteiger charge is 2.42. The van der Waals surface area contributed by atoms with Crippen LogP contribution in [0.1, 0.15) is 97.8 Å². The molecule has 0 amide bonds. The van der Waals surface area contributed by atoms with Crippen molar-refractivity contribution in [1.29, 1.82) is 0 Å². The molecule has 5 heteroatoms. The van der Waals surface area contributed by atoms with Gasteiger partial charge in [-0.15, -0.1) is 0 Å². The van der Waals surface area contributed by atoms with Crippen molar-refractivity contribution < 1.29 is 23.7 Å². The second kappa shape index (κ2) is 12.1. The summed E-state index contributed by atoms with van der Waals surface area (Å²) in [6.45, 7) is 8.84. The summed E-state index contributed by atoms with van der Waals surface area (Å²) in [6.07, 6.45) is 13.0. The van der Waals surface area contributed by atoms with Crippen LogP contribution >= 0.6 is 0 Å². The summed E-state index contributed by atoms with van der Waals surface area (Å²) in [4.78, 5) is 12.8. The van der Waals surface area contributed by atoms with Crippen LogP contribution in [-0.2, 0) is 23.7 Å². The molecule has 28 heavy (non-hydrogen) atoms. The van der Waals surface area contributed by atoms with Crippen LogP contribution in [0.15, 0.2) is 0 Å². The van der Waals surface area contributed by atoms with E-state index in [2.05, 4.69) is 0 Å². The van der Waals surface area contributed by atoms with Gasteiger partial charge >= 0.3 is 5.97 Å². The largest absolute Gasteiger partial charge is 0.460 e. The van der Waals surface area contributed by atoms with Gasteiger partial charge in [0.15, 0.2) is 6.29 Å². The summed E-state index contributed by atoms with van der Waals surface area (Å²) in [7, 11) is 0. The normalized spacial score (nSPS) is 22.8. The highest BCUT2D eigenvalue weighted by molar-refractivity contribution is 5.77. The van der Waals surface area contributed by atoms with Gasteiger partial charge in [0.1, 0.15) is 5.60 Å². The zero-order valence-corrected chi connectivity index (χ0v) is 18.4. The van der Waals surface area contributed by atoms with Gasteiger partial charge in [0.05, 0.1) is 5.41 Å². The maximum atomic E-state index is 12.8. The number of esters is 1. The van der Waals surface area contributed by atoms with Crippen molar-refractivity contribution in [2.45, 2.75) is 110 Å². The third kappa shape index (κ3) is 8.79. The third-order valence-electron chi connectivity index (χ3n) is 5.77. The molecule has 0 aromatic carbocycles. The number of carbonyl (C=O) groups excluding carboxylic acids is 1. The van der Waals surface area contributed by atoms with E-state index in [9.17, 15) is 4.79 Å². The molecule has 5 nitrogen and oxygen atoms in total. The minimum absolute atomic E-state index is 0.0228. The minimum atomic E-state index is -0.423. The number of carbonyl (C=O) groups is 1. The lowest BCUT2D eigenvalue weighted by molar-refractivity contribution is -0.174. The second-order valence-electron chi connectivity index (χ2n) is 9.43.